The van der Waals surface area contributed by atoms with E-state index in [1.54, 1.807) is 25.6 Å². The third kappa shape index (κ3) is 5.86. The first-order chi connectivity index (χ1) is 14.5. The largest absolute Gasteiger partial charge is 0.478 e. The number of ether oxygens (including phenoxy) is 1. The second-order valence-corrected chi connectivity index (χ2v) is 10.9. The normalized spacial score (nSPS) is 12.1. The number of hydrogen-bond donors (Lipinski definition) is 1. The van der Waals surface area contributed by atoms with Gasteiger partial charge in [0.05, 0.1) is 5.75 Å². The fraction of sp³-hybridized carbons (Fsp3) is 0.375. The molecule has 0 amide bonds. The van der Waals surface area contributed by atoms with Gasteiger partial charge in [-0.25, -0.2) is 9.78 Å². The number of carboxylic acid groups (broad SMARTS) is 1. The Kier molecular flexibility index (Phi) is 6.76. The SMILES string of the molecule is Cc1cc(SCc2nc(-c3ccc(C(C)(C)C)cc3)ns2)ccc1OC(C)(C)C(=O)O. The van der Waals surface area contributed by atoms with Crippen LogP contribution in [-0.4, -0.2) is 26.0 Å². The van der Waals surface area contributed by atoms with Gasteiger partial charge < -0.3 is 9.84 Å². The van der Waals surface area contributed by atoms with E-state index in [1.807, 2.05) is 25.1 Å². The summed E-state index contributed by atoms with van der Waals surface area (Å²) >= 11 is 3.09. The highest BCUT2D eigenvalue weighted by Crippen LogP contribution is 2.31. The van der Waals surface area contributed by atoms with E-state index in [4.69, 9.17) is 9.72 Å². The van der Waals surface area contributed by atoms with Crippen molar-refractivity contribution in [1.29, 1.82) is 0 Å². The van der Waals surface area contributed by atoms with Crippen LogP contribution in [0.5, 0.6) is 5.75 Å². The topological polar surface area (TPSA) is 72.3 Å². The molecule has 7 heteroatoms. The predicted molar refractivity (Wildman–Crippen MR) is 127 cm³/mol. The van der Waals surface area contributed by atoms with Gasteiger partial charge in [0.15, 0.2) is 11.4 Å². The van der Waals surface area contributed by atoms with E-state index in [2.05, 4.69) is 49.4 Å². The number of benzene rings is 2. The van der Waals surface area contributed by atoms with Gasteiger partial charge in [-0.3, -0.25) is 0 Å². The van der Waals surface area contributed by atoms with E-state index >= 15 is 0 Å². The van der Waals surface area contributed by atoms with Crippen LogP contribution in [0.25, 0.3) is 11.4 Å². The van der Waals surface area contributed by atoms with Gasteiger partial charge in [-0.15, -0.1) is 11.8 Å². The summed E-state index contributed by atoms with van der Waals surface area (Å²) < 4.78 is 10.2. The van der Waals surface area contributed by atoms with E-state index in [1.165, 1.54) is 17.1 Å². The Labute approximate surface area is 192 Å². The third-order valence-electron chi connectivity index (χ3n) is 4.87. The van der Waals surface area contributed by atoms with E-state index in [0.29, 0.717) is 5.75 Å². The molecular weight excluding hydrogens is 428 g/mol. The van der Waals surface area contributed by atoms with Crippen molar-refractivity contribution < 1.29 is 14.6 Å². The molecule has 1 aromatic heterocycles. The summed E-state index contributed by atoms with van der Waals surface area (Å²) in [5.41, 5.74) is 2.07. The number of rotatable bonds is 7. The van der Waals surface area contributed by atoms with Crippen LogP contribution >= 0.6 is 23.3 Å². The van der Waals surface area contributed by atoms with Crippen molar-refractivity contribution in [2.45, 2.75) is 63.2 Å². The molecule has 1 heterocycles. The quantitative estimate of drug-likeness (QED) is 0.418. The van der Waals surface area contributed by atoms with E-state index in [-0.39, 0.29) is 5.41 Å². The third-order valence-corrected chi connectivity index (χ3v) is 6.76. The summed E-state index contributed by atoms with van der Waals surface area (Å²) in [5.74, 6) is 1.06. The standard InChI is InChI=1S/C24H28N2O3S2/c1-15-13-18(11-12-19(15)29-24(5,6)22(27)28)30-14-20-25-21(26-31-20)16-7-9-17(10-8-16)23(2,3)4/h7-13H,14H2,1-6H3,(H,27,28). The van der Waals surface area contributed by atoms with Crippen molar-refractivity contribution in [3.05, 3.63) is 58.6 Å². The maximum Gasteiger partial charge on any atom is 0.347 e. The lowest BCUT2D eigenvalue weighted by Crippen LogP contribution is -2.38. The number of carbonyl (C=O) groups is 1. The van der Waals surface area contributed by atoms with E-state index < -0.39 is 11.6 Å². The van der Waals surface area contributed by atoms with Gasteiger partial charge in [0, 0.05) is 10.5 Å². The van der Waals surface area contributed by atoms with Crippen LogP contribution in [-0.2, 0) is 16.0 Å². The van der Waals surface area contributed by atoms with Gasteiger partial charge in [-0.1, -0.05) is 45.0 Å². The lowest BCUT2D eigenvalue weighted by molar-refractivity contribution is -0.152. The van der Waals surface area contributed by atoms with Crippen molar-refractivity contribution in [2.75, 3.05) is 0 Å². The van der Waals surface area contributed by atoms with Gasteiger partial charge in [0.25, 0.3) is 0 Å². The molecule has 0 spiro atoms. The molecule has 0 saturated carbocycles. The van der Waals surface area contributed by atoms with Gasteiger partial charge >= 0.3 is 5.97 Å². The molecule has 2 aromatic carbocycles. The molecule has 0 aliphatic rings. The average Bonchev–Trinajstić information content (AvgIpc) is 3.16. The van der Waals surface area contributed by atoms with E-state index in [9.17, 15) is 9.90 Å². The number of aromatic nitrogens is 2. The molecule has 3 rings (SSSR count). The molecule has 0 saturated heterocycles. The Morgan fingerprint density at radius 1 is 1.10 bits per heavy atom. The lowest BCUT2D eigenvalue weighted by atomic mass is 9.87. The molecule has 0 atom stereocenters. The smallest absolute Gasteiger partial charge is 0.347 e. The fourth-order valence-corrected chi connectivity index (χ4v) is 4.47. The number of hydrogen-bond acceptors (Lipinski definition) is 6. The molecule has 164 valence electrons. The van der Waals surface area contributed by atoms with Crippen LogP contribution in [0.15, 0.2) is 47.4 Å². The zero-order valence-electron chi connectivity index (χ0n) is 18.7. The van der Waals surface area contributed by atoms with Gasteiger partial charge in [0.2, 0.25) is 0 Å². The minimum absolute atomic E-state index is 0.123. The highest BCUT2D eigenvalue weighted by atomic mass is 32.2. The van der Waals surface area contributed by atoms with Crippen LogP contribution < -0.4 is 4.74 Å². The summed E-state index contributed by atoms with van der Waals surface area (Å²) in [6.45, 7) is 11.6. The summed E-state index contributed by atoms with van der Waals surface area (Å²) in [6.07, 6.45) is 0. The lowest BCUT2D eigenvalue weighted by Gasteiger charge is -2.22. The summed E-state index contributed by atoms with van der Waals surface area (Å²) in [4.78, 5) is 17.1. The zero-order valence-corrected chi connectivity index (χ0v) is 20.4. The highest BCUT2D eigenvalue weighted by molar-refractivity contribution is 7.98. The van der Waals surface area contributed by atoms with Crippen LogP contribution in [0.2, 0.25) is 0 Å². The average molecular weight is 457 g/mol. The molecule has 0 aliphatic carbocycles. The van der Waals surface area contributed by atoms with Crippen molar-refractivity contribution in [2.24, 2.45) is 0 Å². The Balaban J connectivity index is 1.64. The first-order valence-corrected chi connectivity index (χ1v) is 11.8. The zero-order chi connectivity index (χ0) is 22.8. The van der Waals surface area contributed by atoms with Crippen LogP contribution in [0.3, 0.4) is 0 Å². The summed E-state index contributed by atoms with van der Waals surface area (Å²) in [5, 5.41) is 10.2. The number of nitrogens with zero attached hydrogens (tertiary/aromatic N) is 2. The molecular formula is C24H28N2O3S2. The van der Waals surface area contributed by atoms with Crippen LogP contribution in [0.4, 0.5) is 0 Å². The van der Waals surface area contributed by atoms with Gasteiger partial charge in [-0.2, -0.15) is 4.37 Å². The molecule has 0 fully saturated rings. The molecule has 5 nitrogen and oxygen atoms in total. The Morgan fingerprint density at radius 3 is 2.35 bits per heavy atom. The van der Waals surface area contributed by atoms with Gasteiger partial charge in [-0.05, 0) is 67.0 Å². The number of aliphatic carboxylic acids is 1. The first-order valence-electron chi connectivity index (χ1n) is 10.0. The number of carboxylic acids is 1. The van der Waals surface area contributed by atoms with Crippen LogP contribution in [0, 0.1) is 6.92 Å². The first kappa shape index (κ1) is 23.3. The van der Waals surface area contributed by atoms with Crippen molar-refractivity contribution in [3.8, 4) is 17.1 Å². The van der Waals surface area contributed by atoms with Crippen LogP contribution in [0.1, 0.15) is 50.8 Å². The second-order valence-electron chi connectivity index (χ2n) is 8.97. The Morgan fingerprint density at radius 2 is 1.77 bits per heavy atom. The Hall–Kier alpha value is -2.38. The fourth-order valence-electron chi connectivity index (χ4n) is 2.84. The van der Waals surface area contributed by atoms with Crippen molar-refractivity contribution in [1.82, 2.24) is 9.36 Å². The minimum atomic E-state index is -1.27. The maximum absolute atomic E-state index is 11.3. The van der Waals surface area contributed by atoms with Crippen molar-refractivity contribution in [3.63, 3.8) is 0 Å². The minimum Gasteiger partial charge on any atom is -0.478 e. The molecule has 1 N–H and O–H groups in total. The summed E-state index contributed by atoms with van der Waals surface area (Å²) in [7, 11) is 0. The predicted octanol–water partition coefficient (Wildman–Crippen LogP) is 6.35. The van der Waals surface area contributed by atoms with Crippen molar-refractivity contribution >= 4 is 29.3 Å². The molecule has 0 unspecified atom stereocenters. The summed E-state index contributed by atoms with van der Waals surface area (Å²) in [6, 6.07) is 14.2. The molecule has 0 bridgehead atoms. The van der Waals surface area contributed by atoms with E-state index in [0.717, 1.165) is 32.6 Å². The Bertz CT molecular complexity index is 1070. The molecule has 0 radical (unpaired) electrons. The second kappa shape index (κ2) is 9.01. The molecule has 31 heavy (non-hydrogen) atoms. The molecule has 3 aromatic rings. The monoisotopic (exact) mass is 456 g/mol. The number of thioether (sulfide) groups is 1. The highest BCUT2D eigenvalue weighted by Gasteiger charge is 2.29. The number of aryl methyl sites for hydroxylation is 1. The molecule has 0 aliphatic heterocycles. The van der Waals surface area contributed by atoms with Gasteiger partial charge in [0.1, 0.15) is 10.8 Å². The maximum atomic E-state index is 11.3.